The lowest BCUT2D eigenvalue weighted by Gasteiger charge is -2.16. The molecule has 0 spiro atoms. The number of thioether (sulfide) groups is 1. The number of nitrogens with two attached hydrogens (primary N) is 1. The second-order valence-electron chi connectivity index (χ2n) is 3.66. The summed E-state index contributed by atoms with van der Waals surface area (Å²) in [6.45, 7) is 0. The summed E-state index contributed by atoms with van der Waals surface area (Å²) in [6, 6.07) is 7.41. The van der Waals surface area contributed by atoms with E-state index in [1.807, 2.05) is 18.2 Å². The smallest absolute Gasteiger partial charge is 0.234 e. The third kappa shape index (κ3) is 1.87. The first-order chi connectivity index (χ1) is 8.22. The van der Waals surface area contributed by atoms with Crippen molar-refractivity contribution in [1.29, 1.82) is 0 Å². The van der Waals surface area contributed by atoms with E-state index in [2.05, 4.69) is 10.5 Å². The van der Waals surface area contributed by atoms with E-state index in [1.54, 1.807) is 6.07 Å². The first-order valence-corrected chi connectivity index (χ1v) is 6.00. The Bertz CT molecular complexity index is 594. The van der Waals surface area contributed by atoms with Crippen LogP contribution in [0.25, 0.3) is 11.3 Å². The molecule has 1 aromatic heterocycles. The molecule has 0 radical (unpaired) electrons. The van der Waals surface area contributed by atoms with Crippen LogP contribution < -0.4 is 11.1 Å². The Morgan fingerprint density at radius 3 is 3.06 bits per heavy atom. The third-order valence-electron chi connectivity index (χ3n) is 2.44. The molecule has 2 aromatic rings. The molecule has 0 atom stereocenters. The molecule has 86 valence electrons. The number of fused-ring (bicyclic) bond motifs is 1. The lowest BCUT2D eigenvalue weighted by molar-refractivity contribution is -0.113. The van der Waals surface area contributed by atoms with Gasteiger partial charge in [-0.15, -0.1) is 11.8 Å². The van der Waals surface area contributed by atoms with Crippen LogP contribution >= 0.6 is 11.8 Å². The summed E-state index contributed by atoms with van der Waals surface area (Å²) in [5.41, 5.74) is 7.81. The number of aromatic nitrogens is 1. The van der Waals surface area contributed by atoms with Gasteiger partial charge in [0.25, 0.3) is 0 Å². The molecule has 0 saturated carbocycles. The Morgan fingerprint density at radius 2 is 2.29 bits per heavy atom. The highest BCUT2D eigenvalue weighted by Gasteiger charge is 2.16. The molecule has 6 heteroatoms. The van der Waals surface area contributed by atoms with Crippen LogP contribution in [-0.4, -0.2) is 16.8 Å². The Morgan fingerprint density at radius 1 is 1.41 bits per heavy atom. The second-order valence-corrected chi connectivity index (χ2v) is 4.68. The predicted octanol–water partition coefficient (Wildman–Crippen LogP) is 1.97. The third-order valence-corrected chi connectivity index (χ3v) is 3.51. The van der Waals surface area contributed by atoms with Gasteiger partial charge in [0.15, 0.2) is 0 Å². The minimum absolute atomic E-state index is 0.0133. The van der Waals surface area contributed by atoms with E-state index >= 15 is 0 Å². The number of nitrogens with one attached hydrogen (secondary N) is 1. The highest BCUT2D eigenvalue weighted by Crippen LogP contribution is 2.34. The zero-order valence-corrected chi connectivity index (χ0v) is 9.58. The molecule has 17 heavy (non-hydrogen) atoms. The lowest BCUT2D eigenvalue weighted by Crippen LogP contribution is -2.18. The molecule has 3 rings (SSSR count). The molecule has 0 aliphatic carbocycles. The maximum Gasteiger partial charge on any atom is 0.234 e. The molecule has 0 unspecified atom stereocenters. The van der Waals surface area contributed by atoms with E-state index in [-0.39, 0.29) is 11.8 Å². The van der Waals surface area contributed by atoms with E-state index in [4.69, 9.17) is 10.3 Å². The van der Waals surface area contributed by atoms with Gasteiger partial charge in [-0.25, -0.2) is 0 Å². The lowest BCUT2D eigenvalue weighted by atomic mass is 10.1. The number of benzene rings is 1. The topological polar surface area (TPSA) is 81.1 Å². The Labute approximate surface area is 101 Å². The summed E-state index contributed by atoms with van der Waals surface area (Å²) in [4.78, 5) is 12.4. The van der Waals surface area contributed by atoms with Gasteiger partial charge in [0.05, 0.1) is 11.4 Å². The predicted molar refractivity (Wildman–Crippen MR) is 65.7 cm³/mol. The first kappa shape index (κ1) is 10.2. The summed E-state index contributed by atoms with van der Waals surface area (Å²) < 4.78 is 4.82. The number of nitrogens with zero attached hydrogens (tertiary/aromatic N) is 1. The summed E-state index contributed by atoms with van der Waals surface area (Å²) in [5.74, 6) is 0.749. The van der Waals surface area contributed by atoms with Gasteiger partial charge < -0.3 is 15.6 Å². The zero-order chi connectivity index (χ0) is 11.8. The largest absolute Gasteiger partial charge is 0.368 e. The van der Waals surface area contributed by atoms with Gasteiger partial charge in [0.2, 0.25) is 11.8 Å². The van der Waals surface area contributed by atoms with Crippen LogP contribution in [0.5, 0.6) is 0 Å². The minimum atomic E-state index is 0.0133. The van der Waals surface area contributed by atoms with Crippen molar-refractivity contribution in [3.05, 3.63) is 24.3 Å². The van der Waals surface area contributed by atoms with Crippen LogP contribution in [0.15, 0.2) is 33.7 Å². The summed E-state index contributed by atoms with van der Waals surface area (Å²) in [7, 11) is 0. The molecule has 1 aliphatic rings. The van der Waals surface area contributed by atoms with E-state index in [1.165, 1.54) is 11.8 Å². The van der Waals surface area contributed by atoms with Crippen LogP contribution in [0.4, 0.5) is 11.6 Å². The van der Waals surface area contributed by atoms with Crippen LogP contribution in [-0.2, 0) is 4.79 Å². The van der Waals surface area contributed by atoms with Crippen molar-refractivity contribution in [2.24, 2.45) is 0 Å². The van der Waals surface area contributed by atoms with Crippen LogP contribution in [0.3, 0.4) is 0 Å². The SMILES string of the molecule is Nc1cc(-c2ccc3c(c2)NC(=O)CS3)no1. The summed E-state index contributed by atoms with van der Waals surface area (Å²) >= 11 is 1.53. The maximum atomic E-state index is 11.3. The van der Waals surface area contributed by atoms with Crippen molar-refractivity contribution in [1.82, 2.24) is 5.16 Å². The highest BCUT2D eigenvalue weighted by atomic mass is 32.2. The van der Waals surface area contributed by atoms with Crippen molar-refractivity contribution in [3.8, 4) is 11.3 Å². The number of carbonyl (C=O) groups excluding carboxylic acids is 1. The molecule has 2 heterocycles. The zero-order valence-electron chi connectivity index (χ0n) is 8.77. The fraction of sp³-hybridized carbons (Fsp3) is 0.0909. The van der Waals surface area contributed by atoms with Crippen LogP contribution in [0, 0.1) is 0 Å². The average Bonchev–Trinajstić information content (AvgIpc) is 2.75. The van der Waals surface area contributed by atoms with Crippen molar-refractivity contribution in [2.45, 2.75) is 4.90 Å². The molecular formula is C11H9N3O2S. The van der Waals surface area contributed by atoms with Crippen molar-refractivity contribution >= 4 is 29.2 Å². The molecule has 0 fully saturated rings. The van der Waals surface area contributed by atoms with E-state index < -0.39 is 0 Å². The van der Waals surface area contributed by atoms with Gasteiger partial charge in [0, 0.05) is 16.5 Å². The molecule has 0 bridgehead atoms. The molecule has 0 saturated heterocycles. The highest BCUT2D eigenvalue weighted by molar-refractivity contribution is 8.00. The number of nitrogen functional groups attached to an aromatic ring is 1. The maximum absolute atomic E-state index is 11.3. The molecule has 3 N–H and O–H groups in total. The minimum Gasteiger partial charge on any atom is -0.368 e. The van der Waals surface area contributed by atoms with Crippen molar-refractivity contribution < 1.29 is 9.32 Å². The fourth-order valence-corrected chi connectivity index (χ4v) is 2.46. The van der Waals surface area contributed by atoms with E-state index in [0.717, 1.165) is 16.1 Å². The van der Waals surface area contributed by atoms with Gasteiger partial charge in [-0.05, 0) is 12.1 Å². The number of carbonyl (C=O) groups is 1. The van der Waals surface area contributed by atoms with Crippen LogP contribution in [0.2, 0.25) is 0 Å². The number of anilines is 2. The van der Waals surface area contributed by atoms with Gasteiger partial charge in [-0.2, -0.15) is 0 Å². The standard InChI is InChI=1S/C11H9N3O2S/c12-10-4-7(14-16-10)6-1-2-9-8(3-6)13-11(15)5-17-9/h1-4H,5,12H2,(H,13,15). The average molecular weight is 247 g/mol. The Kier molecular flexibility index (Phi) is 2.29. The normalized spacial score (nSPS) is 14.2. The fourth-order valence-electron chi connectivity index (χ4n) is 1.67. The molecule has 1 aliphatic heterocycles. The van der Waals surface area contributed by atoms with Gasteiger partial charge in [-0.1, -0.05) is 11.2 Å². The second kappa shape index (κ2) is 3.81. The molecule has 1 amide bonds. The van der Waals surface area contributed by atoms with Gasteiger partial charge >= 0.3 is 0 Å². The van der Waals surface area contributed by atoms with Crippen LogP contribution in [0.1, 0.15) is 0 Å². The van der Waals surface area contributed by atoms with Crippen molar-refractivity contribution in [3.63, 3.8) is 0 Å². The Hall–Kier alpha value is -1.95. The number of rotatable bonds is 1. The van der Waals surface area contributed by atoms with Crippen molar-refractivity contribution in [2.75, 3.05) is 16.8 Å². The number of hydrogen-bond acceptors (Lipinski definition) is 5. The molecule has 1 aromatic carbocycles. The Balaban J connectivity index is 2.03. The first-order valence-electron chi connectivity index (χ1n) is 5.01. The molecule has 5 nitrogen and oxygen atoms in total. The molecular weight excluding hydrogens is 238 g/mol. The monoisotopic (exact) mass is 247 g/mol. The quantitative estimate of drug-likeness (QED) is 0.805. The number of amides is 1. The van der Waals surface area contributed by atoms with Gasteiger partial charge in [-0.3, -0.25) is 4.79 Å². The van der Waals surface area contributed by atoms with Gasteiger partial charge in [0.1, 0.15) is 5.69 Å². The summed E-state index contributed by atoms with van der Waals surface area (Å²) in [5, 5.41) is 6.66. The summed E-state index contributed by atoms with van der Waals surface area (Å²) in [6.07, 6.45) is 0. The van der Waals surface area contributed by atoms with E-state index in [0.29, 0.717) is 11.4 Å². The van der Waals surface area contributed by atoms with E-state index in [9.17, 15) is 4.79 Å². The number of hydrogen-bond donors (Lipinski definition) is 2.